The summed E-state index contributed by atoms with van der Waals surface area (Å²) in [5.41, 5.74) is 1.97. The molecular formula is C29H28N6O6. The Morgan fingerprint density at radius 1 is 1.00 bits per heavy atom. The quantitative estimate of drug-likeness (QED) is 0.224. The van der Waals surface area contributed by atoms with E-state index in [0.717, 1.165) is 16.5 Å². The summed E-state index contributed by atoms with van der Waals surface area (Å²) in [5.74, 6) is 0.860. The standard InChI is InChI=1S/C29H28N6O6/c1-39-20-10-18(11-21(12-20)40-2)28(38)34-23-25(37)22(13-36)41-29(23)35-15-32-24-26(30-14-31-27(24)35)33-19-8-7-16-5-3-4-6-17(16)9-19/h3-12,14-15,22-23,25,29,36-37H,13H2,1-2H3,(H,34,38)(H,30,31,33)/t22-,23-,25-,29-/m1/s1. The van der Waals surface area contributed by atoms with E-state index >= 15 is 0 Å². The third kappa shape index (κ3) is 4.99. The van der Waals surface area contributed by atoms with Crippen molar-refractivity contribution in [3.8, 4) is 11.5 Å². The molecule has 6 rings (SSSR count). The molecule has 12 nitrogen and oxygen atoms in total. The van der Waals surface area contributed by atoms with Crippen molar-refractivity contribution in [3.63, 3.8) is 0 Å². The van der Waals surface area contributed by atoms with Crippen molar-refractivity contribution in [2.45, 2.75) is 24.5 Å². The lowest BCUT2D eigenvalue weighted by atomic mass is 10.1. The van der Waals surface area contributed by atoms with Crippen LogP contribution < -0.4 is 20.1 Å². The number of nitrogens with zero attached hydrogens (tertiary/aromatic N) is 4. The molecule has 0 saturated carbocycles. The number of aliphatic hydroxyl groups excluding tert-OH is 2. The van der Waals surface area contributed by atoms with Crippen molar-refractivity contribution in [3.05, 3.63) is 78.9 Å². The lowest BCUT2D eigenvalue weighted by molar-refractivity contribution is -0.0440. The number of carbonyl (C=O) groups is 1. The van der Waals surface area contributed by atoms with Crippen molar-refractivity contribution < 1.29 is 29.2 Å². The molecule has 1 fully saturated rings. The fourth-order valence-corrected chi connectivity index (χ4v) is 5.00. The first-order valence-corrected chi connectivity index (χ1v) is 12.9. The SMILES string of the molecule is COc1cc(OC)cc(C(=O)N[C@@H]2[C@H](O)[C@@H](CO)O[C@H]2n2cnc3c(Nc4ccc5ccccc5c4)ncnc32)c1. The summed E-state index contributed by atoms with van der Waals surface area (Å²) in [7, 11) is 2.98. The van der Waals surface area contributed by atoms with Crippen LogP contribution in [0.25, 0.3) is 21.9 Å². The monoisotopic (exact) mass is 556 g/mol. The van der Waals surface area contributed by atoms with E-state index in [1.807, 2.05) is 42.5 Å². The Balaban J connectivity index is 1.31. The molecule has 0 unspecified atom stereocenters. The van der Waals surface area contributed by atoms with Gasteiger partial charge in [-0.25, -0.2) is 15.0 Å². The van der Waals surface area contributed by atoms with Crippen LogP contribution in [0, 0.1) is 0 Å². The topological polar surface area (TPSA) is 153 Å². The minimum absolute atomic E-state index is 0.263. The first-order valence-electron chi connectivity index (χ1n) is 12.9. The van der Waals surface area contributed by atoms with Gasteiger partial charge >= 0.3 is 0 Å². The van der Waals surface area contributed by atoms with Crippen LogP contribution in [0.5, 0.6) is 11.5 Å². The van der Waals surface area contributed by atoms with Crippen LogP contribution in [0.4, 0.5) is 11.5 Å². The van der Waals surface area contributed by atoms with E-state index in [1.54, 1.807) is 22.8 Å². The Kier molecular flexibility index (Phi) is 7.10. The number of hydrogen-bond acceptors (Lipinski definition) is 10. The molecule has 0 radical (unpaired) electrons. The number of aliphatic hydroxyl groups is 2. The van der Waals surface area contributed by atoms with E-state index in [4.69, 9.17) is 14.2 Å². The third-order valence-electron chi connectivity index (χ3n) is 7.11. The normalized spacial score (nSPS) is 20.3. The van der Waals surface area contributed by atoms with Crippen LogP contribution in [0.1, 0.15) is 16.6 Å². The smallest absolute Gasteiger partial charge is 0.252 e. The minimum Gasteiger partial charge on any atom is -0.497 e. The summed E-state index contributed by atoms with van der Waals surface area (Å²) in [5, 5.41) is 29.2. The maximum Gasteiger partial charge on any atom is 0.252 e. The molecule has 1 aliphatic heterocycles. The summed E-state index contributed by atoms with van der Waals surface area (Å²) in [6.45, 7) is -0.451. The zero-order chi connectivity index (χ0) is 28.5. The van der Waals surface area contributed by atoms with Gasteiger partial charge < -0.3 is 35.1 Å². The molecule has 3 aromatic carbocycles. The number of benzene rings is 3. The highest BCUT2D eigenvalue weighted by Crippen LogP contribution is 2.33. The number of hydrogen-bond donors (Lipinski definition) is 4. The molecular weight excluding hydrogens is 528 g/mol. The lowest BCUT2D eigenvalue weighted by Crippen LogP contribution is -2.46. The van der Waals surface area contributed by atoms with E-state index in [9.17, 15) is 15.0 Å². The zero-order valence-electron chi connectivity index (χ0n) is 22.3. The fourth-order valence-electron chi connectivity index (χ4n) is 5.00. The molecule has 210 valence electrons. The van der Waals surface area contributed by atoms with Crippen LogP contribution in [0.2, 0.25) is 0 Å². The van der Waals surface area contributed by atoms with Crippen molar-refractivity contribution in [2.75, 3.05) is 26.1 Å². The number of carbonyl (C=O) groups excluding carboxylic acids is 1. The van der Waals surface area contributed by atoms with E-state index in [0.29, 0.717) is 28.5 Å². The Hall–Kier alpha value is -4.78. The molecule has 4 atom stereocenters. The van der Waals surface area contributed by atoms with Crippen LogP contribution in [-0.2, 0) is 4.74 Å². The second-order valence-corrected chi connectivity index (χ2v) is 9.57. The van der Waals surface area contributed by atoms with Gasteiger partial charge in [0.1, 0.15) is 36.1 Å². The van der Waals surface area contributed by atoms with Crippen molar-refractivity contribution >= 4 is 39.3 Å². The van der Waals surface area contributed by atoms with Gasteiger partial charge in [-0.2, -0.15) is 0 Å². The highest BCUT2D eigenvalue weighted by Gasteiger charge is 2.46. The van der Waals surface area contributed by atoms with Crippen molar-refractivity contribution in [1.29, 1.82) is 0 Å². The largest absolute Gasteiger partial charge is 0.497 e. The van der Waals surface area contributed by atoms with Gasteiger partial charge in [-0.15, -0.1) is 0 Å². The van der Waals surface area contributed by atoms with Gasteiger partial charge in [-0.05, 0) is 35.0 Å². The van der Waals surface area contributed by atoms with Gasteiger partial charge in [-0.3, -0.25) is 9.36 Å². The number of anilines is 2. The number of fused-ring (bicyclic) bond motifs is 2. The second kappa shape index (κ2) is 11.0. The lowest BCUT2D eigenvalue weighted by Gasteiger charge is -2.23. The molecule has 1 amide bonds. The summed E-state index contributed by atoms with van der Waals surface area (Å²) < 4.78 is 18.2. The predicted molar refractivity (Wildman–Crippen MR) is 150 cm³/mol. The van der Waals surface area contributed by atoms with Crippen LogP contribution in [0.15, 0.2) is 73.3 Å². The molecule has 5 aromatic rings. The zero-order valence-corrected chi connectivity index (χ0v) is 22.3. The van der Waals surface area contributed by atoms with Crippen LogP contribution >= 0.6 is 0 Å². The summed E-state index contributed by atoms with van der Waals surface area (Å²) in [4.78, 5) is 26.6. The molecule has 12 heteroatoms. The van der Waals surface area contributed by atoms with Gasteiger partial charge in [-0.1, -0.05) is 30.3 Å². The van der Waals surface area contributed by atoms with Crippen LogP contribution in [0.3, 0.4) is 0 Å². The second-order valence-electron chi connectivity index (χ2n) is 9.57. The number of amides is 1. The Morgan fingerprint density at radius 3 is 2.49 bits per heavy atom. The van der Waals surface area contributed by atoms with Gasteiger partial charge in [0.15, 0.2) is 23.2 Å². The molecule has 0 spiro atoms. The maximum atomic E-state index is 13.3. The Morgan fingerprint density at radius 2 is 1.76 bits per heavy atom. The molecule has 2 aromatic heterocycles. The van der Waals surface area contributed by atoms with Crippen molar-refractivity contribution in [2.24, 2.45) is 0 Å². The van der Waals surface area contributed by atoms with Crippen molar-refractivity contribution in [1.82, 2.24) is 24.8 Å². The predicted octanol–water partition coefficient (Wildman–Crippen LogP) is 2.79. The van der Waals surface area contributed by atoms with Crippen LogP contribution in [-0.4, -0.2) is 74.7 Å². The number of ether oxygens (including phenoxy) is 3. The highest BCUT2D eigenvalue weighted by atomic mass is 16.5. The van der Waals surface area contributed by atoms with E-state index < -0.39 is 37.0 Å². The van der Waals surface area contributed by atoms with Gasteiger partial charge in [0.25, 0.3) is 5.91 Å². The van der Waals surface area contributed by atoms with Gasteiger partial charge in [0.2, 0.25) is 0 Å². The summed E-state index contributed by atoms with van der Waals surface area (Å²) in [6.07, 6.45) is -0.173. The van der Waals surface area contributed by atoms with E-state index in [-0.39, 0.29) is 5.56 Å². The van der Waals surface area contributed by atoms with Gasteiger partial charge in [0, 0.05) is 17.3 Å². The molecule has 41 heavy (non-hydrogen) atoms. The van der Waals surface area contributed by atoms with E-state index in [2.05, 4.69) is 25.6 Å². The molecule has 4 N–H and O–H groups in total. The molecule has 1 saturated heterocycles. The Bertz CT molecular complexity index is 1700. The fraction of sp³-hybridized carbons (Fsp3) is 0.241. The number of nitrogens with one attached hydrogen (secondary N) is 2. The first kappa shape index (κ1) is 26.4. The maximum absolute atomic E-state index is 13.3. The highest BCUT2D eigenvalue weighted by molar-refractivity contribution is 5.95. The number of rotatable bonds is 8. The van der Waals surface area contributed by atoms with Gasteiger partial charge in [0.05, 0.1) is 27.2 Å². The molecule has 0 aliphatic carbocycles. The molecule has 1 aliphatic rings. The average molecular weight is 557 g/mol. The first-order chi connectivity index (χ1) is 20.0. The Labute approximate surface area is 234 Å². The molecule has 0 bridgehead atoms. The van der Waals surface area contributed by atoms with E-state index in [1.165, 1.54) is 26.9 Å². The minimum atomic E-state index is -1.21. The number of aromatic nitrogens is 4. The average Bonchev–Trinajstić information content (AvgIpc) is 3.57. The summed E-state index contributed by atoms with van der Waals surface area (Å²) >= 11 is 0. The third-order valence-corrected chi connectivity index (χ3v) is 7.11. The number of imidazole rings is 1. The summed E-state index contributed by atoms with van der Waals surface area (Å²) in [6, 6.07) is 17.8. The number of methoxy groups -OCH3 is 2. The molecule has 3 heterocycles.